The van der Waals surface area contributed by atoms with Gasteiger partial charge in [-0.15, -0.1) is 0 Å². The summed E-state index contributed by atoms with van der Waals surface area (Å²) < 4.78 is 5.13. The minimum atomic E-state index is -1.62. The lowest BCUT2D eigenvalue weighted by molar-refractivity contribution is -0.171. The summed E-state index contributed by atoms with van der Waals surface area (Å²) in [6, 6.07) is 0. The number of ether oxygens (including phenoxy) is 1. The Balaban J connectivity index is 2.18. The van der Waals surface area contributed by atoms with E-state index in [1.165, 1.54) is 5.70 Å². The molecule has 0 spiro atoms. The molecule has 0 aromatic carbocycles. The standard InChI is InChI=1S/C15H25NO4/c1-3-7-16-10-12(14(17)20-4-2)8-11-9-15(18,19)6-5-13(11)16/h12,18-19H,3-10H2,1-2H3. The first-order valence-electron chi connectivity index (χ1n) is 7.54. The van der Waals surface area contributed by atoms with Crippen molar-refractivity contribution in [2.45, 2.75) is 51.7 Å². The van der Waals surface area contributed by atoms with Crippen LogP contribution in [-0.2, 0) is 9.53 Å². The predicted molar refractivity (Wildman–Crippen MR) is 74.6 cm³/mol. The van der Waals surface area contributed by atoms with E-state index in [1.54, 1.807) is 0 Å². The van der Waals surface area contributed by atoms with Gasteiger partial charge in [0.1, 0.15) is 0 Å². The van der Waals surface area contributed by atoms with Gasteiger partial charge in [0.25, 0.3) is 0 Å². The fraction of sp³-hybridized carbons (Fsp3) is 0.800. The average molecular weight is 283 g/mol. The summed E-state index contributed by atoms with van der Waals surface area (Å²) in [7, 11) is 0. The van der Waals surface area contributed by atoms with E-state index in [9.17, 15) is 15.0 Å². The third-order valence-corrected chi connectivity index (χ3v) is 4.10. The minimum Gasteiger partial charge on any atom is -0.466 e. The first kappa shape index (κ1) is 15.3. The third-order valence-electron chi connectivity index (χ3n) is 4.10. The smallest absolute Gasteiger partial charge is 0.311 e. The van der Waals surface area contributed by atoms with Gasteiger partial charge in [-0.2, -0.15) is 0 Å². The second kappa shape index (κ2) is 6.14. The van der Waals surface area contributed by atoms with Crippen LogP contribution in [0.2, 0.25) is 0 Å². The van der Waals surface area contributed by atoms with Crippen molar-refractivity contribution in [2.75, 3.05) is 19.7 Å². The number of rotatable bonds is 4. The summed E-state index contributed by atoms with van der Waals surface area (Å²) in [4.78, 5) is 14.2. The second-order valence-electron chi connectivity index (χ2n) is 5.81. The molecular weight excluding hydrogens is 258 g/mol. The van der Waals surface area contributed by atoms with Crippen molar-refractivity contribution in [2.24, 2.45) is 5.92 Å². The normalized spacial score (nSPS) is 25.4. The molecule has 0 saturated heterocycles. The van der Waals surface area contributed by atoms with Crippen molar-refractivity contribution < 1.29 is 19.7 Å². The lowest BCUT2D eigenvalue weighted by Gasteiger charge is -2.42. The van der Waals surface area contributed by atoms with Gasteiger partial charge in [0.15, 0.2) is 5.79 Å². The van der Waals surface area contributed by atoms with Gasteiger partial charge in [-0.05, 0) is 31.8 Å². The number of allylic oxidation sites excluding steroid dienone is 1. The Hall–Kier alpha value is -1.07. The van der Waals surface area contributed by atoms with E-state index in [4.69, 9.17) is 4.74 Å². The summed E-state index contributed by atoms with van der Waals surface area (Å²) in [6.07, 6.45) is 2.90. The van der Waals surface area contributed by atoms with Crippen LogP contribution in [0.1, 0.15) is 46.0 Å². The molecule has 1 aliphatic heterocycles. The van der Waals surface area contributed by atoms with Gasteiger partial charge >= 0.3 is 5.97 Å². The molecule has 2 N–H and O–H groups in total. The summed E-state index contributed by atoms with van der Waals surface area (Å²) in [5, 5.41) is 19.7. The molecule has 0 aromatic rings. The first-order valence-corrected chi connectivity index (χ1v) is 7.54. The second-order valence-corrected chi connectivity index (χ2v) is 5.81. The van der Waals surface area contributed by atoms with Gasteiger partial charge in [0.2, 0.25) is 0 Å². The zero-order valence-electron chi connectivity index (χ0n) is 12.4. The number of hydrogen-bond donors (Lipinski definition) is 2. The van der Waals surface area contributed by atoms with Crippen LogP contribution in [0.5, 0.6) is 0 Å². The Labute approximate surface area is 120 Å². The maximum Gasteiger partial charge on any atom is 0.311 e. The maximum atomic E-state index is 12.0. The van der Waals surface area contributed by atoms with Gasteiger partial charge in [-0.1, -0.05) is 6.92 Å². The van der Waals surface area contributed by atoms with E-state index in [1.807, 2.05) is 6.92 Å². The van der Waals surface area contributed by atoms with Crippen molar-refractivity contribution in [1.82, 2.24) is 4.90 Å². The molecule has 0 amide bonds. The summed E-state index contributed by atoms with van der Waals surface area (Å²) in [5.41, 5.74) is 2.23. The number of carbonyl (C=O) groups is 1. The number of nitrogens with zero attached hydrogens (tertiary/aromatic N) is 1. The maximum absolute atomic E-state index is 12.0. The topological polar surface area (TPSA) is 70.0 Å². The molecule has 1 aliphatic carbocycles. The van der Waals surface area contributed by atoms with Crippen LogP contribution >= 0.6 is 0 Å². The van der Waals surface area contributed by atoms with Crippen molar-refractivity contribution in [3.63, 3.8) is 0 Å². The molecule has 20 heavy (non-hydrogen) atoms. The molecule has 5 heteroatoms. The predicted octanol–water partition coefficient (Wildman–Crippen LogP) is 1.40. The fourth-order valence-corrected chi connectivity index (χ4v) is 3.25. The molecule has 0 aromatic heterocycles. The summed E-state index contributed by atoms with van der Waals surface area (Å²) in [5.74, 6) is -1.98. The molecule has 2 rings (SSSR count). The molecular formula is C15H25NO4. The van der Waals surface area contributed by atoms with Crippen LogP contribution in [0.3, 0.4) is 0 Å². The molecule has 0 saturated carbocycles. The van der Waals surface area contributed by atoms with Gasteiger partial charge in [0.05, 0.1) is 12.5 Å². The van der Waals surface area contributed by atoms with Crippen LogP contribution in [0.25, 0.3) is 0 Å². The van der Waals surface area contributed by atoms with Gasteiger partial charge in [-0.3, -0.25) is 4.79 Å². The highest BCUT2D eigenvalue weighted by Gasteiger charge is 2.38. The summed E-state index contributed by atoms with van der Waals surface area (Å²) >= 11 is 0. The van der Waals surface area contributed by atoms with Crippen LogP contribution in [-0.4, -0.2) is 46.6 Å². The van der Waals surface area contributed by atoms with Gasteiger partial charge in [-0.25, -0.2) is 0 Å². The van der Waals surface area contributed by atoms with E-state index >= 15 is 0 Å². The molecule has 2 aliphatic rings. The highest BCUT2D eigenvalue weighted by atomic mass is 16.5. The quantitative estimate of drug-likeness (QED) is 0.603. The molecule has 1 unspecified atom stereocenters. The largest absolute Gasteiger partial charge is 0.466 e. The van der Waals surface area contributed by atoms with Crippen LogP contribution < -0.4 is 0 Å². The average Bonchev–Trinajstić information content (AvgIpc) is 2.37. The number of esters is 1. The Kier molecular flexibility index (Phi) is 4.70. The highest BCUT2D eigenvalue weighted by Crippen LogP contribution is 2.39. The van der Waals surface area contributed by atoms with Crippen molar-refractivity contribution in [3.05, 3.63) is 11.3 Å². The van der Waals surface area contributed by atoms with E-state index in [2.05, 4.69) is 11.8 Å². The van der Waals surface area contributed by atoms with Gasteiger partial charge < -0.3 is 19.8 Å². The molecule has 1 heterocycles. The van der Waals surface area contributed by atoms with E-state index in [-0.39, 0.29) is 18.3 Å². The Morgan fingerprint density at radius 1 is 1.45 bits per heavy atom. The van der Waals surface area contributed by atoms with Crippen molar-refractivity contribution in [1.29, 1.82) is 0 Å². The van der Waals surface area contributed by atoms with E-state index < -0.39 is 5.79 Å². The molecule has 0 fully saturated rings. The molecule has 1 atom stereocenters. The van der Waals surface area contributed by atoms with E-state index in [0.29, 0.717) is 32.4 Å². The zero-order chi connectivity index (χ0) is 14.8. The lowest BCUT2D eigenvalue weighted by atomic mass is 9.82. The fourth-order valence-electron chi connectivity index (χ4n) is 3.25. The van der Waals surface area contributed by atoms with Crippen molar-refractivity contribution >= 4 is 5.97 Å². The number of hydrogen-bond acceptors (Lipinski definition) is 5. The molecule has 0 bridgehead atoms. The van der Waals surface area contributed by atoms with Crippen molar-refractivity contribution in [3.8, 4) is 0 Å². The summed E-state index contributed by atoms with van der Waals surface area (Å²) in [6.45, 7) is 5.90. The SMILES string of the molecule is CCCN1CC(C(=O)OCC)CC2=C1CCC(O)(O)C2. The number of carbonyl (C=O) groups excluding carboxylic acids is 1. The Bertz CT molecular complexity index is 403. The highest BCUT2D eigenvalue weighted by molar-refractivity contribution is 5.73. The number of aliphatic hydroxyl groups is 2. The minimum absolute atomic E-state index is 0.174. The molecule has 5 nitrogen and oxygen atoms in total. The van der Waals surface area contributed by atoms with Gasteiger partial charge in [0, 0.05) is 31.6 Å². The Morgan fingerprint density at radius 2 is 2.20 bits per heavy atom. The lowest BCUT2D eigenvalue weighted by Crippen LogP contribution is -2.43. The molecule has 114 valence electrons. The van der Waals surface area contributed by atoms with Crippen LogP contribution in [0.15, 0.2) is 11.3 Å². The zero-order valence-corrected chi connectivity index (χ0v) is 12.4. The monoisotopic (exact) mass is 283 g/mol. The third kappa shape index (κ3) is 3.33. The van der Waals surface area contributed by atoms with Crippen LogP contribution in [0, 0.1) is 5.92 Å². The Morgan fingerprint density at radius 3 is 2.85 bits per heavy atom. The first-order chi connectivity index (χ1) is 9.46. The molecule has 0 radical (unpaired) electrons. The van der Waals surface area contributed by atoms with Crippen LogP contribution in [0.4, 0.5) is 0 Å². The van der Waals surface area contributed by atoms with E-state index in [0.717, 1.165) is 18.5 Å².